The highest BCUT2D eigenvalue weighted by Gasteiger charge is 2.10. The molecule has 0 radical (unpaired) electrons. The van der Waals surface area contributed by atoms with Gasteiger partial charge in [0.2, 0.25) is 0 Å². The van der Waals surface area contributed by atoms with Gasteiger partial charge in [-0.3, -0.25) is 4.79 Å². The van der Waals surface area contributed by atoms with E-state index in [2.05, 4.69) is 47.4 Å². The summed E-state index contributed by atoms with van der Waals surface area (Å²) in [5.74, 6) is 0.250. The highest BCUT2D eigenvalue weighted by atomic mass is 79.9. The number of hydrogen-bond donors (Lipinski definition) is 2. The standard InChI is InChI=1S/C19H17Br2N3O2/c1-11-7-15(20)19(16(21)8-11)26-10-18(25)24-22-9-14-12(2)23-17-6-4-3-5-13(14)17/h3-9,23H,10H2,1-2H3,(H,24,25)/b22-9-. The normalized spacial score (nSPS) is 11.2. The van der Waals surface area contributed by atoms with E-state index < -0.39 is 0 Å². The van der Waals surface area contributed by atoms with Gasteiger partial charge < -0.3 is 9.72 Å². The van der Waals surface area contributed by atoms with Crippen molar-refractivity contribution >= 4 is 54.9 Å². The first-order chi connectivity index (χ1) is 12.5. The van der Waals surface area contributed by atoms with Gasteiger partial charge in [0, 0.05) is 22.2 Å². The fourth-order valence-corrected chi connectivity index (χ4v) is 4.27. The zero-order chi connectivity index (χ0) is 18.7. The number of rotatable bonds is 5. The Morgan fingerprint density at radius 1 is 1.23 bits per heavy atom. The number of ether oxygens (including phenoxy) is 1. The Bertz CT molecular complexity index is 973. The van der Waals surface area contributed by atoms with Crippen LogP contribution in [0.2, 0.25) is 0 Å². The van der Waals surface area contributed by atoms with Crippen LogP contribution in [0, 0.1) is 13.8 Å². The van der Waals surface area contributed by atoms with Crippen LogP contribution in [0.3, 0.4) is 0 Å². The molecular formula is C19H17Br2N3O2. The molecule has 0 aliphatic rings. The maximum atomic E-state index is 12.0. The summed E-state index contributed by atoms with van der Waals surface area (Å²) < 4.78 is 7.15. The van der Waals surface area contributed by atoms with Crippen molar-refractivity contribution in [3.8, 4) is 5.75 Å². The lowest BCUT2D eigenvalue weighted by Crippen LogP contribution is -2.24. The van der Waals surface area contributed by atoms with Crippen LogP contribution >= 0.6 is 31.9 Å². The number of aromatic amines is 1. The Hall–Kier alpha value is -2.12. The van der Waals surface area contributed by atoms with Crippen LogP contribution in [-0.2, 0) is 4.79 Å². The summed E-state index contributed by atoms with van der Waals surface area (Å²) in [7, 11) is 0. The van der Waals surface area contributed by atoms with E-state index in [0.29, 0.717) is 5.75 Å². The van der Waals surface area contributed by atoms with Gasteiger partial charge in [-0.15, -0.1) is 0 Å². The number of amides is 1. The van der Waals surface area contributed by atoms with Crippen molar-refractivity contribution in [1.82, 2.24) is 10.4 Å². The van der Waals surface area contributed by atoms with Crippen LogP contribution in [0.25, 0.3) is 10.9 Å². The molecule has 0 fully saturated rings. The van der Waals surface area contributed by atoms with E-state index in [1.54, 1.807) is 6.21 Å². The quantitative estimate of drug-likeness (QED) is 0.407. The molecule has 134 valence electrons. The first-order valence-electron chi connectivity index (χ1n) is 7.93. The van der Waals surface area contributed by atoms with E-state index in [0.717, 1.165) is 36.7 Å². The minimum absolute atomic E-state index is 0.134. The lowest BCUT2D eigenvalue weighted by atomic mass is 10.1. The van der Waals surface area contributed by atoms with E-state index in [1.807, 2.05) is 50.2 Å². The minimum atomic E-state index is -0.335. The lowest BCUT2D eigenvalue weighted by molar-refractivity contribution is -0.123. The predicted octanol–water partition coefficient (Wildman–Crippen LogP) is 4.84. The molecule has 1 amide bonds. The van der Waals surface area contributed by atoms with E-state index >= 15 is 0 Å². The van der Waals surface area contributed by atoms with Crippen LogP contribution in [0.5, 0.6) is 5.75 Å². The molecule has 0 spiro atoms. The highest BCUT2D eigenvalue weighted by Crippen LogP contribution is 2.34. The van der Waals surface area contributed by atoms with Gasteiger partial charge in [0.25, 0.3) is 5.91 Å². The third kappa shape index (κ3) is 4.16. The number of hydrogen-bond acceptors (Lipinski definition) is 3. The van der Waals surface area contributed by atoms with Crippen LogP contribution in [0.4, 0.5) is 0 Å². The molecule has 3 rings (SSSR count). The molecule has 0 aliphatic heterocycles. The maximum Gasteiger partial charge on any atom is 0.277 e. The molecule has 0 unspecified atom stereocenters. The Balaban J connectivity index is 1.62. The topological polar surface area (TPSA) is 66.5 Å². The summed E-state index contributed by atoms with van der Waals surface area (Å²) in [6.07, 6.45) is 1.64. The molecule has 26 heavy (non-hydrogen) atoms. The molecule has 7 heteroatoms. The van der Waals surface area contributed by atoms with E-state index in [9.17, 15) is 4.79 Å². The fraction of sp³-hybridized carbons (Fsp3) is 0.158. The van der Waals surface area contributed by atoms with Crippen molar-refractivity contribution < 1.29 is 9.53 Å². The molecule has 1 heterocycles. The van der Waals surface area contributed by atoms with Crippen molar-refractivity contribution in [1.29, 1.82) is 0 Å². The van der Waals surface area contributed by atoms with Crippen molar-refractivity contribution in [3.63, 3.8) is 0 Å². The second-order valence-electron chi connectivity index (χ2n) is 5.85. The van der Waals surface area contributed by atoms with E-state index in [-0.39, 0.29) is 12.5 Å². The number of benzene rings is 2. The third-order valence-electron chi connectivity index (χ3n) is 3.82. The largest absolute Gasteiger partial charge is 0.481 e. The average molecular weight is 479 g/mol. The van der Waals surface area contributed by atoms with Crippen molar-refractivity contribution in [2.24, 2.45) is 5.10 Å². The first-order valence-corrected chi connectivity index (χ1v) is 9.52. The summed E-state index contributed by atoms with van der Waals surface area (Å²) in [6.45, 7) is 3.82. The zero-order valence-corrected chi connectivity index (χ0v) is 17.4. The molecule has 1 aromatic heterocycles. The average Bonchev–Trinajstić information content (AvgIpc) is 2.89. The fourth-order valence-electron chi connectivity index (χ4n) is 2.63. The molecule has 0 aliphatic carbocycles. The number of H-pyrrole nitrogens is 1. The Labute approximate surface area is 168 Å². The van der Waals surface area contributed by atoms with E-state index in [4.69, 9.17) is 4.74 Å². The van der Waals surface area contributed by atoms with Gasteiger partial charge in [0.05, 0.1) is 15.2 Å². The molecule has 0 atom stereocenters. The number of nitrogens with zero attached hydrogens (tertiary/aromatic N) is 1. The smallest absolute Gasteiger partial charge is 0.277 e. The molecule has 3 aromatic rings. The Morgan fingerprint density at radius 3 is 2.65 bits per heavy atom. The predicted molar refractivity (Wildman–Crippen MR) is 111 cm³/mol. The summed E-state index contributed by atoms with van der Waals surface area (Å²) >= 11 is 6.88. The lowest BCUT2D eigenvalue weighted by Gasteiger charge is -2.10. The van der Waals surface area contributed by atoms with Gasteiger partial charge in [-0.05, 0) is 69.5 Å². The number of carbonyl (C=O) groups is 1. The van der Waals surface area contributed by atoms with Crippen molar-refractivity contribution in [3.05, 3.63) is 62.2 Å². The Morgan fingerprint density at radius 2 is 1.92 bits per heavy atom. The third-order valence-corrected chi connectivity index (χ3v) is 4.99. The van der Waals surface area contributed by atoms with Crippen LogP contribution in [0.15, 0.2) is 50.4 Å². The maximum absolute atomic E-state index is 12.0. The van der Waals surface area contributed by atoms with Crippen LogP contribution in [-0.4, -0.2) is 23.7 Å². The minimum Gasteiger partial charge on any atom is -0.481 e. The number of aryl methyl sites for hydroxylation is 2. The summed E-state index contributed by atoms with van der Waals surface area (Å²) in [5.41, 5.74) is 6.56. The summed E-state index contributed by atoms with van der Waals surface area (Å²) in [4.78, 5) is 15.3. The molecule has 5 nitrogen and oxygen atoms in total. The summed E-state index contributed by atoms with van der Waals surface area (Å²) in [6, 6.07) is 11.8. The van der Waals surface area contributed by atoms with E-state index in [1.165, 1.54) is 0 Å². The first kappa shape index (κ1) is 18.7. The van der Waals surface area contributed by atoms with Gasteiger partial charge in [-0.1, -0.05) is 18.2 Å². The van der Waals surface area contributed by atoms with Crippen LogP contribution in [0.1, 0.15) is 16.8 Å². The second-order valence-corrected chi connectivity index (χ2v) is 7.56. The number of para-hydroxylation sites is 1. The molecule has 2 aromatic carbocycles. The number of aromatic nitrogens is 1. The molecule has 2 N–H and O–H groups in total. The second kappa shape index (κ2) is 8.05. The van der Waals surface area contributed by atoms with Gasteiger partial charge in [0.15, 0.2) is 6.61 Å². The highest BCUT2D eigenvalue weighted by molar-refractivity contribution is 9.11. The van der Waals surface area contributed by atoms with Gasteiger partial charge in [0.1, 0.15) is 5.75 Å². The number of fused-ring (bicyclic) bond motifs is 1. The van der Waals surface area contributed by atoms with Gasteiger partial charge >= 0.3 is 0 Å². The molecular weight excluding hydrogens is 462 g/mol. The number of halogens is 2. The van der Waals surface area contributed by atoms with Crippen molar-refractivity contribution in [2.75, 3.05) is 6.61 Å². The number of hydrazone groups is 1. The molecule has 0 saturated carbocycles. The number of nitrogens with one attached hydrogen (secondary N) is 2. The van der Waals surface area contributed by atoms with Gasteiger partial charge in [-0.2, -0.15) is 5.10 Å². The summed E-state index contributed by atoms with van der Waals surface area (Å²) in [5, 5.41) is 5.11. The number of carbonyl (C=O) groups excluding carboxylic acids is 1. The van der Waals surface area contributed by atoms with Gasteiger partial charge in [-0.25, -0.2) is 5.43 Å². The van der Waals surface area contributed by atoms with Crippen molar-refractivity contribution in [2.45, 2.75) is 13.8 Å². The SMILES string of the molecule is Cc1cc(Br)c(OCC(=O)N/N=C\c2c(C)[nH]c3ccccc23)c(Br)c1. The monoisotopic (exact) mass is 477 g/mol. The van der Waals surface area contributed by atoms with Crippen LogP contribution < -0.4 is 10.2 Å². The molecule has 0 saturated heterocycles. The molecule has 0 bridgehead atoms. The Kier molecular flexibility index (Phi) is 5.78. The zero-order valence-electron chi connectivity index (χ0n) is 14.3.